The molecule has 0 radical (unpaired) electrons. The van der Waals surface area contributed by atoms with Gasteiger partial charge in [-0.25, -0.2) is 4.39 Å². The molecule has 0 aromatic heterocycles. The molecule has 0 aromatic carbocycles. The second-order valence-electron chi connectivity index (χ2n) is 9.86. The van der Waals surface area contributed by atoms with Gasteiger partial charge >= 0.3 is 0 Å². The highest BCUT2D eigenvalue weighted by atomic mass is 32.2. The Kier molecular flexibility index (Phi) is 9.25. The van der Waals surface area contributed by atoms with E-state index < -0.39 is 6.17 Å². The van der Waals surface area contributed by atoms with Crippen molar-refractivity contribution in [3.05, 3.63) is 48.1 Å². The lowest BCUT2D eigenvalue weighted by molar-refractivity contribution is -0.120. The van der Waals surface area contributed by atoms with Crippen LogP contribution in [0.15, 0.2) is 48.1 Å². The average Bonchev–Trinajstić information content (AvgIpc) is 2.77. The van der Waals surface area contributed by atoms with Gasteiger partial charge < -0.3 is 16.0 Å². The third kappa shape index (κ3) is 5.57. The summed E-state index contributed by atoms with van der Waals surface area (Å²) in [6, 6.07) is 0.0536. The second kappa shape index (κ2) is 11.7. The molecule has 3 aliphatic rings. The van der Waals surface area contributed by atoms with Gasteiger partial charge in [0, 0.05) is 30.5 Å². The highest BCUT2D eigenvalue weighted by Crippen LogP contribution is 2.41. The Bertz CT molecular complexity index is 771. The number of piperidine rings is 1. The lowest BCUT2D eigenvalue weighted by Gasteiger charge is -2.52. The summed E-state index contributed by atoms with van der Waals surface area (Å²) in [5, 5.41) is 3.39. The van der Waals surface area contributed by atoms with E-state index >= 15 is 4.39 Å². The van der Waals surface area contributed by atoms with E-state index in [2.05, 4.69) is 42.5 Å². The van der Waals surface area contributed by atoms with Crippen LogP contribution in [0, 0.1) is 17.8 Å². The van der Waals surface area contributed by atoms with Crippen molar-refractivity contribution in [3.63, 3.8) is 0 Å². The van der Waals surface area contributed by atoms with E-state index in [9.17, 15) is 4.79 Å². The quantitative estimate of drug-likeness (QED) is 0.352. The van der Waals surface area contributed by atoms with Gasteiger partial charge in [0.05, 0.1) is 18.6 Å². The lowest BCUT2D eigenvalue weighted by Crippen LogP contribution is -2.63. The number of amides is 1. The molecule has 6 unspecified atom stereocenters. The highest BCUT2D eigenvalue weighted by Gasteiger charge is 2.48. The number of alkyl halides is 1. The SMILES string of the molecule is C=CCC1=CC([C@H](C)N(C=O)CC(=C)SC)C(CN)C(F)C1N1C[C@@H](C)CCC1C1C=CN1. The van der Waals surface area contributed by atoms with Gasteiger partial charge in [0.25, 0.3) is 0 Å². The van der Waals surface area contributed by atoms with Crippen LogP contribution < -0.4 is 11.1 Å². The van der Waals surface area contributed by atoms with Crippen molar-refractivity contribution in [2.75, 3.05) is 25.9 Å². The number of thioether (sulfide) groups is 1. The van der Waals surface area contributed by atoms with Crippen LogP contribution in [-0.4, -0.2) is 72.4 Å². The molecule has 3 N–H and O–H groups in total. The topological polar surface area (TPSA) is 61.6 Å². The molecule has 33 heavy (non-hydrogen) atoms. The maximum absolute atomic E-state index is 16.5. The fourth-order valence-corrected chi connectivity index (χ4v) is 6.06. The molecule has 7 heteroatoms. The maximum Gasteiger partial charge on any atom is 0.210 e. The normalized spacial score (nSPS) is 35.1. The van der Waals surface area contributed by atoms with Crippen molar-refractivity contribution in [1.82, 2.24) is 15.1 Å². The zero-order valence-corrected chi connectivity index (χ0v) is 21.1. The maximum atomic E-state index is 16.5. The first-order valence-corrected chi connectivity index (χ1v) is 13.4. The van der Waals surface area contributed by atoms with E-state index in [0.717, 1.165) is 36.3 Å². The predicted octanol–water partition coefficient (Wildman–Crippen LogP) is 3.71. The predicted molar refractivity (Wildman–Crippen MR) is 137 cm³/mol. The van der Waals surface area contributed by atoms with Crippen molar-refractivity contribution >= 4 is 18.2 Å². The Morgan fingerprint density at radius 3 is 2.76 bits per heavy atom. The molecule has 2 heterocycles. The molecule has 1 aliphatic carbocycles. The monoisotopic (exact) mass is 476 g/mol. The number of nitrogens with zero attached hydrogens (tertiary/aromatic N) is 2. The van der Waals surface area contributed by atoms with Gasteiger partial charge in [-0.2, -0.15) is 0 Å². The van der Waals surface area contributed by atoms with Crippen LogP contribution in [0.4, 0.5) is 4.39 Å². The standard InChI is InChI=1S/C26H41FN4OS/c1-6-7-20-12-21(19(4)30(16-32)15-18(3)33-5)22(13-28)25(27)26(20)31-14-17(2)8-9-24(31)23-10-11-29-23/h6,10-12,16-17,19,21-26,29H,1,3,7-9,13-15,28H2,2,4-5H3/t17-,19-,21?,22?,23?,24?,25?,26?/m0/s1. The van der Waals surface area contributed by atoms with Gasteiger partial charge in [0.2, 0.25) is 6.41 Å². The first-order chi connectivity index (χ1) is 15.9. The molecule has 0 spiro atoms. The molecule has 184 valence electrons. The minimum atomic E-state index is -1.10. The van der Waals surface area contributed by atoms with Crippen molar-refractivity contribution in [2.45, 2.75) is 63.4 Å². The van der Waals surface area contributed by atoms with Gasteiger partial charge in [-0.3, -0.25) is 9.69 Å². The summed E-state index contributed by atoms with van der Waals surface area (Å²) in [6.45, 7) is 13.8. The average molecular weight is 477 g/mol. The van der Waals surface area contributed by atoms with Crippen LogP contribution >= 0.6 is 11.8 Å². The Balaban J connectivity index is 1.95. The summed E-state index contributed by atoms with van der Waals surface area (Å²) >= 11 is 1.54. The Morgan fingerprint density at radius 2 is 2.21 bits per heavy atom. The first kappa shape index (κ1) is 26.0. The Morgan fingerprint density at radius 1 is 1.48 bits per heavy atom. The molecular formula is C26H41FN4OS. The fraction of sp³-hybridized carbons (Fsp3) is 0.654. The van der Waals surface area contributed by atoms with Crippen LogP contribution in [0.25, 0.3) is 0 Å². The van der Waals surface area contributed by atoms with Crippen LogP contribution in [0.5, 0.6) is 0 Å². The number of hydrogen-bond donors (Lipinski definition) is 2. The van der Waals surface area contributed by atoms with E-state index in [4.69, 9.17) is 5.73 Å². The largest absolute Gasteiger partial charge is 0.383 e. The molecule has 8 atom stereocenters. The number of likely N-dealkylation sites (tertiary alicyclic amines) is 1. The Hall–Kier alpha value is -1.57. The van der Waals surface area contributed by atoms with Gasteiger partial charge in [-0.05, 0) is 62.1 Å². The van der Waals surface area contributed by atoms with E-state index in [1.54, 1.807) is 4.90 Å². The molecule has 0 aromatic rings. The third-order valence-corrected chi connectivity index (χ3v) is 8.48. The smallest absolute Gasteiger partial charge is 0.210 e. The zero-order chi connectivity index (χ0) is 24.1. The Labute approximate surface area is 203 Å². The van der Waals surface area contributed by atoms with Gasteiger partial charge in [0.15, 0.2) is 0 Å². The number of allylic oxidation sites excluding steroid dienone is 1. The van der Waals surface area contributed by atoms with Gasteiger partial charge in [0.1, 0.15) is 6.17 Å². The number of nitrogens with one attached hydrogen (secondary N) is 1. The summed E-state index contributed by atoms with van der Waals surface area (Å²) in [4.78, 5) is 17.0. The van der Waals surface area contributed by atoms with E-state index in [0.29, 0.717) is 18.9 Å². The second-order valence-corrected chi connectivity index (χ2v) is 10.8. The molecule has 0 bridgehead atoms. The fourth-order valence-electron chi connectivity index (χ4n) is 5.78. The van der Waals surface area contributed by atoms with Gasteiger partial charge in [-0.15, -0.1) is 18.3 Å². The third-order valence-electron chi connectivity index (χ3n) is 7.77. The van der Waals surface area contributed by atoms with E-state index in [1.807, 2.05) is 25.5 Å². The minimum Gasteiger partial charge on any atom is -0.383 e. The number of carbonyl (C=O) groups excluding carboxylic acids is 1. The molecule has 1 amide bonds. The summed E-state index contributed by atoms with van der Waals surface area (Å²) in [5.41, 5.74) is 7.27. The number of halogens is 1. The first-order valence-electron chi connectivity index (χ1n) is 12.1. The van der Waals surface area contributed by atoms with Crippen LogP contribution in [0.3, 0.4) is 0 Å². The number of rotatable bonds is 11. The van der Waals surface area contributed by atoms with E-state index in [-0.39, 0.29) is 42.5 Å². The zero-order valence-electron chi connectivity index (χ0n) is 20.3. The highest BCUT2D eigenvalue weighted by molar-refractivity contribution is 8.02. The van der Waals surface area contributed by atoms with Gasteiger partial charge in [-0.1, -0.05) is 31.2 Å². The summed E-state index contributed by atoms with van der Waals surface area (Å²) < 4.78 is 16.5. The number of hydrogen-bond acceptors (Lipinski definition) is 5. The van der Waals surface area contributed by atoms with Crippen LogP contribution in [-0.2, 0) is 4.79 Å². The summed E-state index contributed by atoms with van der Waals surface area (Å²) in [6.07, 6.45) is 12.8. The van der Waals surface area contributed by atoms with Crippen molar-refractivity contribution < 1.29 is 9.18 Å². The molecule has 3 rings (SSSR count). The van der Waals surface area contributed by atoms with Crippen LogP contribution in [0.2, 0.25) is 0 Å². The molecule has 5 nitrogen and oxygen atoms in total. The molecule has 2 aliphatic heterocycles. The molecule has 1 fully saturated rings. The summed E-state index contributed by atoms with van der Waals surface area (Å²) in [5.74, 6) is 0.0170. The minimum absolute atomic E-state index is 0.154. The molecular weight excluding hydrogens is 435 g/mol. The molecule has 1 saturated heterocycles. The summed E-state index contributed by atoms with van der Waals surface area (Å²) in [7, 11) is 0. The number of carbonyl (C=O) groups is 1. The van der Waals surface area contributed by atoms with E-state index in [1.165, 1.54) is 11.8 Å². The van der Waals surface area contributed by atoms with Crippen molar-refractivity contribution in [3.8, 4) is 0 Å². The van der Waals surface area contributed by atoms with Crippen molar-refractivity contribution in [1.29, 1.82) is 0 Å². The number of nitrogens with two attached hydrogens (primary N) is 1. The van der Waals surface area contributed by atoms with Crippen LogP contribution in [0.1, 0.15) is 33.1 Å². The molecule has 0 saturated carbocycles. The van der Waals surface area contributed by atoms with Crippen molar-refractivity contribution in [2.24, 2.45) is 23.5 Å². The lowest BCUT2D eigenvalue weighted by atomic mass is 9.71.